The van der Waals surface area contributed by atoms with Crippen molar-refractivity contribution in [3.63, 3.8) is 0 Å². The predicted octanol–water partition coefficient (Wildman–Crippen LogP) is 1.37. The molecule has 0 fully saturated rings. The molecular weight excluding hydrogens is 146 g/mol. The number of fused-ring (bicyclic) bond motifs is 1. The highest BCUT2D eigenvalue weighted by Gasteiger charge is 2.18. The topological polar surface area (TPSA) is 30.0 Å². The maximum absolute atomic E-state index is 10.8. The van der Waals surface area contributed by atoms with Crippen LogP contribution in [0, 0.1) is 0 Å². The minimum absolute atomic E-state index is 0. The third-order valence-corrected chi connectivity index (χ3v) is 2.41. The normalized spacial score (nSPS) is 15.4. The molecule has 2 heterocycles. The second-order valence-corrected chi connectivity index (χ2v) is 3.23. The van der Waals surface area contributed by atoms with Gasteiger partial charge in [0.25, 0.3) is 0 Å². The summed E-state index contributed by atoms with van der Waals surface area (Å²) in [7, 11) is 0. The van der Waals surface area contributed by atoms with E-state index in [1.165, 1.54) is 11.8 Å². The number of hydrogen-bond donors (Lipinski definition) is 0. The molecule has 0 amide bonds. The van der Waals surface area contributed by atoms with Crippen molar-refractivity contribution in [2.24, 2.45) is 0 Å². The van der Waals surface area contributed by atoms with Gasteiger partial charge in [-0.3, -0.25) is 9.78 Å². The van der Waals surface area contributed by atoms with Crippen LogP contribution in [-0.4, -0.2) is 10.1 Å². The van der Waals surface area contributed by atoms with Crippen LogP contribution >= 0.6 is 11.8 Å². The SMILES string of the molecule is O=C1Cc2cnccc2S1.[H+]. The van der Waals surface area contributed by atoms with Gasteiger partial charge >= 0.3 is 1.43 Å². The molecule has 0 aliphatic carbocycles. The largest absolute Gasteiger partial charge is 1.00 e. The van der Waals surface area contributed by atoms with Gasteiger partial charge in [-0.05, 0) is 11.6 Å². The summed E-state index contributed by atoms with van der Waals surface area (Å²) in [6, 6.07) is 1.88. The zero-order chi connectivity index (χ0) is 6.97. The monoisotopic (exact) mass is 152 g/mol. The summed E-state index contributed by atoms with van der Waals surface area (Å²) in [5, 5.41) is 0.225. The first-order valence-corrected chi connectivity index (χ1v) is 3.81. The molecule has 1 aromatic rings. The first-order chi connectivity index (χ1) is 4.86. The number of pyridine rings is 1. The number of rotatable bonds is 0. The first kappa shape index (κ1) is 5.92. The molecule has 0 spiro atoms. The Bertz CT molecular complexity index is 263. The van der Waals surface area contributed by atoms with Gasteiger partial charge in [0.1, 0.15) is 0 Å². The lowest BCUT2D eigenvalue weighted by Gasteiger charge is -1.89. The van der Waals surface area contributed by atoms with Crippen molar-refractivity contribution in [1.82, 2.24) is 4.98 Å². The highest BCUT2D eigenvalue weighted by molar-refractivity contribution is 8.14. The molecule has 0 atom stereocenters. The van der Waals surface area contributed by atoms with E-state index in [2.05, 4.69) is 4.98 Å². The lowest BCUT2D eigenvalue weighted by molar-refractivity contribution is -0.110. The van der Waals surface area contributed by atoms with Crippen LogP contribution in [0.2, 0.25) is 0 Å². The molecule has 50 valence electrons. The van der Waals surface area contributed by atoms with E-state index in [4.69, 9.17) is 0 Å². The van der Waals surface area contributed by atoms with Crippen molar-refractivity contribution in [3.05, 3.63) is 24.0 Å². The fraction of sp³-hybridized carbons (Fsp3) is 0.143. The molecule has 2 nitrogen and oxygen atoms in total. The zero-order valence-corrected chi connectivity index (χ0v) is 6.02. The first-order valence-electron chi connectivity index (χ1n) is 3.00. The van der Waals surface area contributed by atoms with E-state index in [1.807, 2.05) is 6.07 Å². The summed E-state index contributed by atoms with van der Waals surface area (Å²) >= 11 is 1.31. The van der Waals surface area contributed by atoms with Crippen molar-refractivity contribution in [1.29, 1.82) is 0 Å². The molecule has 0 N–H and O–H groups in total. The van der Waals surface area contributed by atoms with Crippen molar-refractivity contribution < 1.29 is 6.22 Å². The Morgan fingerprint density at radius 2 is 2.60 bits per heavy atom. The Labute approximate surface area is 64.1 Å². The van der Waals surface area contributed by atoms with Crippen molar-refractivity contribution >= 4 is 16.9 Å². The Balaban J connectivity index is 0.000000605. The smallest absolute Gasteiger partial charge is 0.286 e. The fourth-order valence-corrected chi connectivity index (χ4v) is 1.82. The van der Waals surface area contributed by atoms with E-state index in [0.717, 1.165) is 10.5 Å². The van der Waals surface area contributed by atoms with Gasteiger partial charge in [0.15, 0.2) is 5.12 Å². The summed E-state index contributed by atoms with van der Waals surface area (Å²) in [6.45, 7) is 0. The summed E-state index contributed by atoms with van der Waals surface area (Å²) < 4.78 is 0. The average Bonchev–Trinajstić information content (AvgIpc) is 2.27. The van der Waals surface area contributed by atoms with Crippen LogP contribution in [0.25, 0.3) is 0 Å². The van der Waals surface area contributed by atoms with Gasteiger partial charge in [-0.2, -0.15) is 0 Å². The zero-order valence-electron chi connectivity index (χ0n) is 6.20. The molecule has 0 bridgehead atoms. The lowest BCUT2D eigenvalue weighted by Crippen LogP contribution is -1.86. The van der Waals surface area contributed by atoms with Crippen LogP contribution in [0.5, 0.6) is 0 Å². The number of nitrogens with zero attached hydrogens (tertiary/aromatic N) is 1. The van der Waals surface area contributed by atoms with Gasteiger partial charge in [-0.15, -0.1) is 0 Å². The lowest BCUT2D eigenvalue weighted by atomic mass is 10.2. The number of hydrogen-bond acceptors (Lipinski definition) is 3. The second-order valence-electron chi connectivity index (χ2n) is 2.13. The van der Waals surface area contributed by atoms with Crippen LogP contribution in [0.1, 0.15) is 6.99 Å². The molecule has 0 radical (unpaired) electrons. The van der Waals surface area contributed by atoms with E-state index in [-0.39, 0.29) is 6.54 Å². The van der Waals surface area contributed by atoms with Gasteiger partial charge in [-0.25, -0.2) is 0 Å². The minimum Gasteiger partial charge on any atom is -0.286 e. The molecule has 1 aliphatic heterocycles. The molecule has 0 unspecified atom stereocenters. The standard InChI is InChI=1S/C7H5NOS/c9-7-3-5-4-8-2-1-6(5)10-7/h1-2,4H,3H2/p+1. The Morgan fingerprint density at radius 3 is 3.40 bits per heavy atom. The van der Waals surface area contributed by atoms with E-state index < -0.39 is 0 Å². The van der Waals surface area contributed by atoms with Crippen LogP contribution in [0.4, 0.5) is 0 Å². The van der Waals surface area contributed by atoms with Crippen molar-refractivity contribution in [2.45, 2.75) is 11.3 Å². The summed E-state index contributed by atoms with van der Waals surface area (Å²) in [5.41, 5.74) is 1.07. The van der Waals surface area contributed by atoms with Crippen LogP contribution < -0.4 is 0 Å². The Kier molecular flexibility index (Phi) is 1.24. The maximum Gasteiger partial charge on any atom is 1.00 e. The van der Waals surface area contributed by atoms with Gasteiger partial charge in [0, 0.05) is 23.7 Å². The third kappa shape index (κ3) is 0.827. The van der Waals surface area contributed by atoms with E-state index >= 15 is 0 Å². The maximum atomic E-state index is 10.8. The number of aromatic nitrogens is 1. The molecule has 1 aliphatic rings. The number of carbonyl (C=O) groups is 1. The number of carbonyl (C=O) groups excluding carboxylic acids is 1. The van der Waals surface area contributed by atoms with Gasteiger partial charge < -0.3 is 0 Å². The molecule has 1 aromatic heterocycles. The average molecular weight is 152 g/mol. The second kappa shape index (κ2) is 2.09. The Morgan fingerprint density at radius 1 is 1.70 bits per heavy atom. The van der Waals surface area contributed by atoms with Crippen LogP contribution in [0.3, 0.4) is 0 Å². The fourth-order valence-electron chi connectivity index (χ4n) is 0.961. The molecular formula is C7H6NOS+. The summed E-state index contributed by atoms with van der Waals surface area (Å²) in [4.78, 5) is 15.8. The predicted molar refractivity (Wildman–Crippen MR) is 39.9 cm³/mol. The quantitative estimate of drug-likeness (QED) is 0.562. The van der Waals surface area contributed by atoms with E-state index in [0.29, 0.717) is 6.42 Å². The third-order valence-electron chi connectivity index (χ3n) is 1.42. The van der Waals surface area contributed by atoms with E-state index in [1.54, 1.807) is 12.4 Å². The van der Waals surface area contributed by atoms with Gasteiger partial charge in [0.2, 0.25) is 0 Å². The minimum atomic E-state index is 0. The van der Waals surface area contributed by atoms with Crippen molar-refractivity contribution in [2.75, 3.05) is 0 Å². The highest BCUT2D eigenvalue weighted by Crippen LogP contribution is 2.30. The van der Waals surface area contributed by atoms with Crippen LogP contribution in [-0.2, 0) is 11.2 Å². The summed E-state index contributed by atoms with van der Waals surface area (Å²) in [5.74, 6) is 0. The molecule has 0 saturated heterocycles. The summed E-state index contributed by atoms with van der Waals surface area (Å²) in [6.07, 6.45) is 4.02. The Hall–Kier alpha value is -0.830. The van der Waals surface area contributed by atoms with Gasteiger partial charge in [-0.1, -0.05) is 11.8 Å². The molecule has 3 heteroatoms. The molecule has 2 rings (SSSR count). The van der Waals surface area contributed by atoms with Crippen LogP contribution in [0.15, 0.2) is 23.4 Å². The molecule has 10 heavy (non-hydrogen) atoms. The molecule has 0 saturated carbocycles. The number of thioether (sulfide) groups is 1. The van der Waals surface area contributed by atoms with Crippen molar-refractivity contribution in [3.8, 4) is 0 Å². The molecule has 0 aromatic carbocycles. The van der Waals surface area contributed by atoms with Gasteiger partial charge in [0.05, 0.1) is 0 Å². The highest BCUT2D eigenvalue weighted by atomic mass is 32.2. The van der Waals surface area contributed by atoms with E-state index in [9.17, 15) is 4.79 Å².